The lowest BCUT2D eigenvalue weighted by Crippen LogP contribution is -2.41. The highest BCUT2D eigenvalue weighted by Crippen LogP contribution is 2.46. The second-order valence-corrected chi connectivity index (χ2v) is 15.7. The zero-order chi connectivity index (χ0) is 40.2. The van der Waals surface area contributed by atoms with Crippen LogP contribution in [0.15, 0.2) is 36.5 Å². The number of aliphatic hydroxyl groups excluding tert-OH is 2. The average molecular weight is 800 g/mol. The first-order valence-corrected chi connectivity index (χ1v) is 21.4. The summed E-state index contributed by atoms with van der Waals surface area (Å²) >= 11 is 0. The number of nitrogen functional groups attached to an aromatic ring is 1. The van der Waals surface area contributed by atoms with E-state index in [0.29, 0.717) is 17.8 Å². The smallest absolute Gasteiger partial charge is 0.467 e. The lowest BCUT2D eigenvalue weighted by molar-refractivity contribution is -0.0652. The third-order valence-electron chi connectivity index (χ3n) is 9.89. The van der Waals surface area contributed by atoms with Gasteiger partial charge in [-0.2, -0.15) is 10.4 Å². The van der Waals surface area contributed by atoms with Gasteiger partial charge in [0.25, 0.3) is 11.7 Å². The van der Waals surface area contributed by atoms with Gasteiger partial charge in [0, 0.05) is 17.9 Å². The predicted octanol–water partition coefficient (Wildman–Crippen LogP) is 6.96. The van der Waals surface area contributed by atoms with Gasteiger partial charge < -0.3 is 39.9 Å². The standard InChI is InChI=1S/C39H58N7O9P/c1-3-4-5-6-7-8-9-10-11-12-13-14-15-16-17-18-25-51-26-30(54-36-22-21-35(42-2)44-45-36)27-52-56(49,50)53-28-33-37(47)38(48)39(29-40,55-33)34-20-19-32-31(41)23-24-43-46(32)34/h19-24,30,33,37-38,47-48H,3-18,25-28,41H2,1H3,(H,49,50)/t30-,33-,37-,38-,39+/m1/s1. The number of hydrogen-bond acceptors (Lipinski definition) is 13. The molecule has 17 heteroatoms. The quantitative estimate of drug-likeness (QED) is 0.0332. The van der Waals surface area contributed by atoms with E-state index in [4.69, 9.17) is 35.6 Å². The summed E-state index contributed by atoms with van der Waals surface area (Å²) in [7, 11) is -4.80. The maximum atomic E-state index is 13.0. The molecular weight excluding hydrogens is 741 g/mol. The van der Waals surface area contributed by atoms with Crippen LogP contribution in [0.3, 0.4) is 0 Å². The number of anilines is 1. The second kappa shape index (κ2) is 23.5. The number of aromatic nitrogens is 4. The molecule has 1 fully saturated rings. The van der Waals surface area contributed by atoms with Crippen molar-refractivity contribution in [2.75, 3.05) is 32.2 Å². The Hall–Kier alpha value is -3.70. The molecule has 1 aliphatic heterocycles. The summed E-state index contributed by atoms with van der Waals surface area (Å²) in [5.41, 5.74) is 4.84. The van der Waals surface area contributed by atoms with Crippen molar-refractivity contribution in [1.29, 1.82) is 5.26 Å². The number of fused-ring (bicyclic) bond motifs is 1. The maximum absolute atomic E-state index is 13.0. The first kappa shape index (κ1) is 45.0. The van der Waals surface area contributed by atoms with Crippen LogP contribution >= 0.6 is 7.82 Å². The molecule has 3 aromatic rings. The van der Waals surface area contributed by atoms with Crippen LogP contribution in [-0.4, -0.2) is 85.8 Å². The Morgan fingerprint density at radius 3 is 2.18 bits per heavy atom. The fourth-order valence-electron chi connectivity index (χ4n) is 6.71. The molecule has 4 heterocycles. The lowest BCUT2D eigenvalue weighted by Gasteiger charge is -2.24. The minimum Gasteiger partial charge on any atom is -0.467 e. The van der Waals surface area contributed by atoms with Gasteiger partial charge in [0.05, 0.1) is 36.7 Å². The number of nitrogens with zero attached hydrogens (tertiary/aromatic N) is 6. The highest BCUT2D eigenvalue weighted by atomic mass is 31.2. The topological polar surface area (TPSA) is 221 Å². The molecule has 1 unspecified atom stereocenters. The Morgan fingerprint density at radius 1 is 0.946 bits per heavy atom. The molecule has 0 spiro atoms. The van der Waals surface area contributed by atoms with Crippen LogP contribution in [0.1, 0.15) is 115 Å². The summed E-state index contributed by atoms with van der Waals surface area (Å²) in [6.07, 6.45) is 15.9. The summed E-state index contributed by atoms with van der Waals surface area (Å²) in [5, 5.41) is 43.7. The van der Waals surface area contributed by atoms with Crippen LogP contribution in [0.5, 0.6) is 5.88 Å². The normalized spacial score (nSPS) is 21.1. The highest BCUT2D eigenvalue weighted by molar-refractivity contribution is 7.47. The molecule has 4 rings (SSSR count). The molecule has 0 aliphatic carbocycles. The first-order chi connectivity index (χ1) is 27.1. The number of rotatable bonds is 28. The number of aliphatic hydroxyl groups is 2. The minimum atomic E-state index is -4.80. The Kier molecular flexibility index (Phi) is 18.9. The van der Waals surface area contributed by atoms with E-state index >= 15 is 0 Å². The summed E-state index contributed by atoms with van der Waals surface area (Å²) in [6.45, 7) is 8.62. The van der Waals surface area contributed by atoms with Crippen LogP contribution in [0.4, 0.5) is 11.5 Å². The Labute approximate surface area is 329 Å². The van der Waals surface area contributed by atoms with Gasteiger partial charge in [-0.05, 0) is 41.9 Å². The van der Waals surface area contributed by atoms with E-state index in [-0.39, 0.29) is 24.0 Å². The van der Waals surface area contributed by atoms with Crippen molar-refractivity contribution in [3.8, 4) is 11.9 Å². The largest absolute Gasteiger partial charge is 0.472 e. The number of nitrogens with two attached hydrogens (primary N) is 1. The van der Waals surface area contributed by atoms with E-state index in [9.17, 15) is 24.9 Å². The number of unbranched alkanes of at least 4 members (excludes halogenated alkanes) is 15. The lowest BCUT2D eigenvalue weighted by atomic mass is 9.92. The predicted molar refractivity (Wildman–Crippen MR) is 209 cm³/mol. The van der Waals surface area contributed by atoms with Crippen molar-refractivity contribution >= 4 is 24.8 Å². The number of phosphoric acid groups is 1. The van der Waals surface area contributed by atoms with E-state index in [1.165, 1.54) is 112 Å². The summed E-state index contributed by atoms with van der Waals surface area (Å²) in [4.78, 5) is 13.8. The van der Waals surface area contributed by atoms with Gasteiger partial charge in [-0.1, -0.05) is 110 Å². The fourth-order valence-corrected chi connectivity index (χ4v) is 7.47. The molecule has 0 aromatic carbocycles. The van der Waals surface area contributed by atoms with Gasteiger partial charge in [-0.25, -0.2) is 9.08 Å². The summed E-state index contributed by atoms with van der Waals surface area (Å²) < 4.78 is 42.1. The summed E-state index contributed by atoms with van der Waals surface area (Å²) in [6, 6.07) is 9.43. The third kappa shape index (κ3) is 13.5. The molecule has 16 nitrogen and oxygen atoms in total. The molecule has 0 radical (unpaired) electrons. The molecule has 3 aromatic heterocycles. The molecule has 1 aliphatic rings. The van der Waals surface area contributed by atoms with E-state index < -0.39 is 51.1 Å². The van der Waals surface area contributed by atoms with E-state index in [1.54, 1.807) is 12.1 Å². The third-order valence-corrected chi connectivity index (χ3v) is 10.8. The van der Waals surface area contributed by atoms with Gasteiger partial charge in [-0.3, -0.25) is 9.05 Å². The van der Waals surface area contributed by atoms with Crippen molar-refractivity contribution < 1.29 is 42.9 Å². The average Bonchev–Trinajstić information content (AvgIpc) is 3.75. The molecule has 308 valence electrons. The zero-order valence-electron chi connectivity index (χ0n) is 32.4. The summed E-state index contributed by atoms with van der Waals surface area (Å²) in [5.74, 6) is 0.134. The molecule has 0 bridgehead atoms. The number of phosphoric ester groups is 1. The van der Waals surface area contributed by atoms with Gasteiger partial charge in [0.15, 0.2) is 0 Å². The molecule has 5 N–H and O–H groups in total. The van der Waals surface area contributed by atoms with Crippen molar-refractivity contribution in [2.45, 2.75) is 140 Å². The second-order valence-electron chi connectivity index (χ2n) is 14.3. The minimum absolute atomic E-state index is 0.00383. The molecule has 56 heavy (non-hydrogen) atoms. The molecule has 0 amide bonds. The maximum Gasteiger partial charge on any atom is 0.472 e. The zero-order valence-corrected chi connectivity index (χ0v) is 33.3. The van der Waals surface area contributed by atoms with Gasteiger partial charge in [-0.15, -0.1) is 0 Å². The monoisotopic (exact) mass is 799 g/mol. The molecule has 6 atom stereocenters. The highest BCUT2D eigenvalue weighted by Gasteiger charge is 2.58. The van der Waals surface area contributed by atoms with E-state index in [2.05, 4.69) is 27.1 Å². The van der Waals surface area contributed by atoms with Crippen LogP contribution in [0.2, 0.25) is 0 Å². The van der Waals surface area contributed by atoms with Crippen LogP contribution in [0.25, 0.3) is 10.4 Å². The molecule has 1 saturated heterocycles. The van der Waals surface area contributed by atoms with Gasteiger partial charge >= 0.3 is 7.82 Å². The van der Waals surface area contributed by atoms with Gasteiger partial charge in [0.1, 0.15) is 30.5 Å². The van der Waals surface area contributed by atoms with Crippen molar-refractivity contribution in [1.82, 2.24) is 19.8 Å². The van der Waals surface area contributed by atoms with Crippen molar-refractivity contribution in [2.24, 2.45) is 0 Å². The number of ether oxygens (including phenoxy) is 3. The van der Waals surface area contributed by atoms with Crippen LogP contribution in [-0.2, 0) is 28.7 Å². The Balaban J connectivity index is 1.18. The number of nitriles is 1. The molecule has 0 saturated carbocycles. The van der Waals surface area contributed by atoms with Gasteiger partial charge in [0.2, 0.25) is 5.60 Å². The van der Waals surface area contributed by atoms with E-state index in [0.717, 1.165) is 19.3 Å². The van der Waals surface area contributed by atoms with E-state index in [1.807, 2.05) is 6.07 Å². The van der Waals surface area contributed by atoms with Crippen molar-refractivity contribution in [3.63, 3.8) is 0 Å². The van der Waals surface area contributed by atoms with Crippen molar-refractivity contribution in [3.05, 3.63) is 53.6 Å². The number of hydrogen-bond donors (Lipinski definition) is 4. The first-order valence-electron chi connectivity index (χ1n) is 19.9. The fraction of sp³-hybridized carbons (Fsp3) is 0.667. The Morgan fingerprint density at radius 2 is 1.59 bits per heavy atom. The Bertz CT molecular complexity index is 1730. The van der Waals surface area contributed by atoms with Crippen LogP contribution in [0, 0.1) is 17.9 Å². The molecular formula is C39H58N7O9P. The SMILES string of the molecule is [C-]#[N+]c1ccc(O[C@H](COCCCCCCCCCCCCCCCCCC)COP(=O)(O)OC[C@H]2O[C@@](C#N)(c3ccc4c(N)ccnn34)[C@H](O)[C@@H]2O)nn1. The van der Waals surface area contributed by atoms with Crippen LogP contribution < -0.4 is 10.5 Å².